The number of hydrogen-bond donors (Lipinski definition) is 0. The molecule has 0 N–H and O–H groups in total. The molecule has 0 spiro atoms. The Morgan fingerprint density at radius 1 is 1.25 bits per heavy atom. The second-order valence-electron chi connectivity index (χ2n) is 8.83. The number of carbonyl (C=O) groups is 2. The van der Waals surface area contributed by atoms with Gasteiger partial charge in [0.05, 0.1) is 11.6 Å². The number of aromatic nitrogens is 2. The fourth-order valence-electron chi connectivity index (χ4n) is 4.01. The van der Waals surface area contributed by atoms with E-state index in [9.17, 15) is 9.59 Å². The van der Waals surface area contributed by atoms with Crippen LogP contribution in [0.4, 0.5) is 4.79 Å². The van der Waals surface area contributed by atoms with Crippen molar-refractivity contribution in [3.63, 3.8) is 0 Å². The van der Waals surface area contributed by atoms with Gasteiger partial charge in [0.2, 0.25) is 5.91 Å². The molecule has 7 nitrogen and oxygen atoms in total. The number of piperazine rings is 1. The Labute approximate surface area is 169 Å². The summed E-state index contributed by atoms with van der Waals surface area (Å²) >= 11 is 0. The molecular weight excluding hydrogens is 356 g/mol. The highest BCUT2D eigenvalue weighted by Crippen LogP contribution is 2.27. The van der Waals surface area contributed by atoms with Gasteiger partial charge in [-0.1, -0.05) is 13.3 Å². The second kappa shape index (κ2) is 8.53. The van der Waals surface area contributed by atoms with Crippen molar-refractivity contribution in [1.82, 2.24) is 19.6 Å². The van der Waals surface area contributed by atoms with E-state index in [1.165, 1.54) is 0 Å². The molecule has 0 aromatic carbocycles. The van der Waals surface area contributed by atoms with Crippen LogP contribution in [0.1, 0.15) is 70.3 Å². The zero-order valence-electron chi connectivity index (χ0n) is 18.7. The van der Waals surface area contributed by atoms with Crippen LogP contribution in [0.3, 0.4) is 0 Å². The molecule has 158 valence electrons. The molecule has 1 aromatic heterocycles. The quantitative estimate of drug-likeness (QED) is 0.788. The van der Waals surface area contributed by atoms with Crippen molar-refractivity contribution in [2.45, 2.75) is 78.9 Å². The molecular formula is C21H36N4O3. The first kappa shape index (κ1) is 22.2. The van der Waals surface area contributed by atoms with Crippen LogP contribution in [-0.4, -0.2) is 62.9 Å². The third-order valence-corrected chi connectivity index (χ3v) is 5.41. The fourth-order valence-corrected chi connectivity index (χ4v) is 4.01. The lowest BCUT2D eigenvalue weighted by atomic mass is 9.95. The molecule has 0 aliphatic carbocycles. The number of aryl methyl sites for hydroxylation is 2. The van der Waals surface area contributed by atoms with Gasteiger partial charge in [-0.05, 0) is 48.0 Å². The summed E-state index contributed by atoms with van der Waals surface area (Å²) in [4.78, 5) is 29.5. The molecule has 2 amide bonds. The van der Waals surface area contributed by atoms with E-state index in [0.29, 0.717) is 19.6 Å². The maximum absolute atomic E-state index is 13.4. The van der Waals surface area contributed by atoms with Crippen LogP contribution in [0.25, 0.3) is 0 Å². The second-order valence-corrected chi connectivity index (χ2v) is 8.83. The summed E-state index contributed by atoms with van der Waals surface area (Å²) in [7, 11) is 1.91. The molecule has 7 heteroatoms. The number of amides is 2. The van der Waals surface area contributed by atoms with Gasteiger partial charge in [0.25, 0.3) is 0 Å². The highest BCUT2D eigenvalue weighted by Gasteiger charge is 2.36. The number of ether oxygens (including phenoxy) is 1. The fraction of sp³-hybridized carbons (Fsp3) is 0.762. The van der Waals surface area contributed by atoms with E-state index in [0.717, 1.165) is 29.8 Å². The van der Waals surface area contributed by atoms with E-state index >= 15 is 0 Å². The summed E-state index contributed by atoms with van der Waals surface area (Å²) in [5.41, 5.74) is 2.42. The first-order valence-corrected chi connectivity index (χ1v) is 10.2. The van der Waals surface area contributed by atoms with Gasteiger partial charge in [-0.15, -0.1) is 0 Å². The van der Waals surface area contributed by atoms with E-state index in [4.69, 9.17) is 4.74 Å². The number of rotatable bonds is 4. The molecule has 0 unspecified atom stereocenters. The van der Waals surface area contributed by atoms with Crippen LogP contribution in [0.2, 0.25) is 0 Å². The molecule has 28 heavy (non-hydrogen) atoms. The summed E-state index contributed by atoms with van der Waals surface area (Å²) in [5.74, 6) is -0.136. The topological polar surface area (TPSA) is 67.7 Å². The van der Waals surface area contributed by atoms with Crippen molar-refractivity contribution in [3.8, 4) is 0 Å². The molecule has 1 aromatic rings. The lowest BCUT2D eigenvalue weighted by Gasteiger charge is -2.42. The maximum Gasteiger partial charge on any atom is 0.410 e. The van der Waals surface area contributed by atoms with Crippen LogP contribution in [0.5, 0.6) is 0 Å². The van der Waals surface area contributed by atoms with E-state index in [1.54, 1.807) is 4.90 Å². The van der Waals surface area contributed by atoms with E-state index in [-0.39, 0.29) is 24.0 Å². The molecule has 2 heterocycles. The average Bonchev–Trinajstić information content (AvgIpc) is 2.84. The van der Waals surface area contributed by atoms with Crippen LogP contribution in [-0.2, 0) is 16.6 Å². The van der Waals surface area contributed by atoms with Gasteiger partial charge in [-0.25, -0.2) is 4.79 Å². The lowest BCUT2D eigenvalue weighted by Crippen LogP contribution is -2.57. The number of carbonyl (C=O) groups excluding carboxylic acids is 2. The Morgan fingerprint density at radius 2 is 1.89 bits per heavy atom. The van der Waals surface area contributed by atoms with Gasteiger partial charge in [-0.2, -0.15) is 5.10 Å². The zero-order valence-corrected chi connectivity index (χ0v) is 18.7. The van der Waals surface area contributed by atoms with E-state index in [1.807, 2.05) is 58.2 Å². The molecule has 0 bridgehead atoms. The minimum Gasteiger partial charge on any atom is -0.444 e. The first-order chi connectivity index (χ1) is 13.0. The van der Waals surface area contributed by atoms with Crippen molar-refractivity contribution in [3.05, 3.63) is 17.0 Å². The summed E-state index contributed by atoms with van der Waals surface area (Å²) in [6.45, 7) is 15.2. The third kappa shape index (κ3) is 4.86. The van der Waals surface area contributed by atoms with Crippen LogP contribution >= 0.6 is 0 Å². The van der Waals surface area contributed by atoms with Gasteiger partial charge in [0, 0.05) is 44.0 Å². The van der Waals surface area contributed by atoms with E-state index < -0.39 is 5.60 Å². The molecule has 0 radical (unpaired) electrons. The van der Waals surface area contributed by atoms with Crippen LogP contribution in [0, 0.1) is 13.8 Å². The van der Waals surface area contributed by atoms with Gasteiger partial charge in [0.1, 0.15) is 5.60 Å². The molecule has 1 saturated heterocycles. The van der Waals surface area contributed by atoms with Crippen molar-refractivity contribution in [2.75, 3.05) is 19.6 Å². The Balaban J connectivity index is 2.16. The normalized spacial score (nSPS) is 18.9. The van der Waals surface area contributed by atoms with Gasteiger partial charge >= 0.3 is 6.09 Å². The maximum atomic E-state index is 13.4. The summed E-state index contributed by atoms with van der Waals surface area (Å²) in [5, 5.41) is 4.46. The largest absolute Gasteiger partial charge is 0.444 e. The third-order valence-electron chi connectivity index (χ3n) is 5.41. The molecule has 1 fully saturated rings. The highest BCUT2D eigenvalue weighted by atomic mass is 16.6. The number of nitrogens with zero attached hydrogens (tertiary/aromatic N) is 4. The highest BCUT2D eigenvalue weighted by molar-refractivity contribution is 5.84. The Hall–Kier alpha value is -2.05. The van der Waals surface area contributed by atoms with Gasteiger partial charge in [0.15, 0.2) is 0 Å². The lowest BCUT2D eigenvalue weighted by molar-refractivity contribution is -0.137. The molecule has 1 aliphatic rings. The predicted octanol–water partition coefficient (Wildman–Crippen LogP) is 3.39. The van der Waals surface area contributed by atoms with Gasteiger partial charge < -0.3 is 14.5 Å². The van der Waals surface area contributed by atoms with Crippen molar-refractivity contribution >= 4 is 12.0 Å². The monoisotopic (exact) mass is 392 g/mol. The molecule has 1 aliphatic heterocycles. The molecule has 2 rings (SSSR count). The zero-order chi connectivity index (χ0) is 21.2. The minimum atomic E-state index is -0.520. The average molecular weight is 393 g/mol. The van der Waals surface area contributed by atoms with Crippen LogP contribution in [0.15, 0.2) is 0 Å². The summed E-state index contributed by atoms with van der Waals surface area (Å²) < 4.78 is 7.35. The Kier molecular flexibility index (Phi) is 6.78. The van der Waals surface area contributed by atoms with Gasteiger partial charge in [-0.3, -0.25) is 9.48 Å². The smallest absolute Gasteiger partial charge is 0.410 e. The van der Waals surface area contributed by atoms with Crippen molar-refractivity contribution < 1.29 is 14.3 Å². The summed E-state index contributed by atoms with van der Waals surface area (Å²) in [6.07, 6.45) is 1.52. The molecule has 2 atom stereocenters. The number of hydrogen-bond acceptors (Lipinski definition) is 4. The van der Waals surface area contributed by atoms with Crippen molar-refractivity contribution in [2.24, 2.45) is 7.05 Å². The summed E-state index contributed by atoms with van der Waals surface area (Å²) in [6, 6.07) is 0.0125. The molecule has 0 saturated carbocycles. The first-order valence-electron chi connectivity index (χ1n) is 10.2. The van der Waals surface area contributed by atoms with Crippen molar-refractivity contribution in [1.29, 1.82) is 0 Å². The minimum absolute atomic E-state index is 0.0125. The standard InChI is InChI=1S/C21H36N4O3/c1-9-10-17-13-24(20(27)28-21(5,6)7)11-12-25(17)19(26)14(2)18-15(3)22-23(8)16(18)4/h14,17H,9-13H2,1-8H3/t14-,17+/m1/s1. The van der Waals surface area contributed by atoms with E-state index in [2.05, 4.69) is 12.0 Å². The predicted molar refractivity (Wildman–Crippen MR) is 109 cm³/mol. The van der Waals surface area contributed by atoms with Crippen LogP contribution < -0.4 is 0 Å². The Bertz CT molecular complexity index is 720. The Morgan fingerprint density at radius 3 is 2.39 bits per heavy atom. The SMILES string of the molecule is CCC[C@H]1CN(C(=O)OC(C)(C)C)CCN1C(=O)[C@H](C)c1c(C)nn(C)c1C.